The molecule has 0 aliphatic rings. The first-order chi connectivity index (χ1) is 16.0. The molecular weight excluding hydrogens is 523 g/mol. The minimum Gasteiger partial charge on any atom is -0.482 e. The van der Waals surface area contributed by atoms with Gasteiger partial charge >= 0.3 is 0 Å². The maximum atomic E-state index is 13.2. The summed E-state index contributed by atoms with van der Waals surface area (Å²) < 4.78 is 41.6. The van der Waals surface area contributed by atoms with E-state index in [0.717, 1.165) is 0 Å². The number of amides is 1. The topological polar surface area (TPSA) is 133 Å². The largest absolute Gasteiger partial charge is 0.482 e. The fourth-order valence-electron chi connectivity index (χ4n) is 2.75. The number of ether oxygens (including phenoxy) is 1. The van der Waals surface area contributed by atoms with Gasteiger partial charge in [-0.1, -0.05) is 23.2 Å². The standard InChI is InChI=1S/C21H16Cl2N4O5S2/c1-12-17(4-6-21(26-12)34(24,30)31)27-20(28)11-32-18-5-3-13(22)9-19(18)33(29)16-8-14(23)7-15(10-16)25-2/h3-10H,11H2,1H3,(H,27,28)(H2,24,30,31). The van der Waals surface area contributed by atoms with E-state index < -0.39 is 33.3 Å². The lowest BCUT2D eigenvalue weighted by molar-refractivity contribution is -0.118. The Morgan fingerprint density at radius 1 is 1.18 bits per heavy atom. The molecule has 1 heterocycles. The zero-order valence-electron chi connectivity index (χ0n) is 17.4. The number of rotatable bonds is 7. The minimum atomic E-state index is -3.98. The number of benzene rings is 2. The Balaban J connectivity index is 1.78. The normalized spacial score (nSPS) is 12.0. The molecule has 1 unspecified atom stereocenters. The predicted octanol–water partition coefficient (Wildman–Crippen LogP) is 4.08. The molecule has 3 N–H and O–H groups in total. The number of hydrogen-bond donors (Lipinski definition) is 2. The zero-order chi connectivity index (χ0) is 25.0. The average molecular weight is 539 g/mol. The fourth-order valence-corrected chi connectivity index (χ4v) is 5.06. The molecule has 9 nitrogen and oxygen atoms in total. The number of carbonyl (C=O) groups is 1. The smallest absolute Gasteiger partial charge is 0.262 e. The molecule has 0 aliphatic heterocycles. The van der Waals surface area contributed by atoms with Gasteiger partial charge in [0.2, 0.25) is 0 Å². The number of nitrogens with two attached hydrogens (primary N) is 1. The predicted molar refractivity (Wildman–Crippen MR) is 128 cm³/mol. The van der Waals surface area contributed by atoms with Gasteiger partial charge in [-0.05, 0) is 55.5 Å². The van der Waals surface area contributed by atoms with E-state index in [1.165, 1.54) is 55.5 Å². The highest BCUT2D eigenvalue weighted by Crippen LogP contribution is 2.32. The van der Waals surface area contributed by atoms with Crippen molar-refractivity contribution >= 4 is 61.3 Å². The number of anilines is 1. The van der Waals surface area contributed by atoms with E-state index >= 15 is 0 Å². The molecule has 13 heteroatoms. The first-order valence-corrected chi connectivity index (χ1v) is 12.8. The molecule has 0 radical (unpaired) electrons. The van der Waals surface area contributed by atoms with Crippen LogP contribution in [-0.2, 0) is 25.6 Å². The van der Waals surface area contributed by atoms with E-state index in [2.05, 4.69) is 15.1 Å². The summed E-state index contributed by atoms with van der Waals surface area (Å²) in [6.45, 7) is 8.21. The molecule has 3 rings (SSSR count). The van der Waals surface area contributed by atoms with Crippen molar-refractivity contribution in [2.45, 2.75) is 21.7 Å². The highest BCUT2D eigenvalue weighted by atomic mass is 35.5. The van der Waals surface area contributed by atoms with Crippen molar-refractivity contribution in [3.63, 3.8) is 0 Å². The van der Waals surface area contributed by atoms with Crippen molar-refractivity contribution in [1.82, 2.24) is 4.98 Å². The maximum absolute atomic E-state index is 13.2. The Morgan fingerprint density at radius 3 is 2.56 bits per heavy atom. The molecule has 34 heavy (non-hydrogen) atoms. The lowest BCUT2D eigenvalue weighted by Gasteiger charge is -2.13. The summed E-state index contributed by atoms with van der Waals surface area (Å²) in [6.07, 6.45) is 0. The van der Waals surface area contributed by atoms with Crippen LogP contribution < -0.4 is 15.2 Å². The average Bonchev–Trinajstić information content (AvgIpc) is 2.77. The van der Waals surface area contributed by atoms with Gasteiger partial charge in [-0.3, -0.25) is 4.79 Å². The molecule has 176 valence electrons. The molecular formula is C21H16Cl2N4O5S2. The molecule has 3 aromatic rings. The van der Waals surface area contributed by atoms with Crippen molar-refractivity contribution in [2.24, 2.45) is 5.14 Å². The minimum absolute atomic E-state index is 0.140. The molecule has 0 spiro atoms. The summed E-state index contributed by atoms with van der Waals surface area (Å²) in [4.78, 5) is 20.0. The van der Waals surface area contributed by atoms with E-state index in [9.17, 15) is 17.4 Å². The van der Waals surface area contributed by atoms with Crippen molar-refractivity contribution in [1.29, 1.82) is 0 Å². The van der Waals surface area contributed by atoms with Crippen LogP contribution in [0.25, 0.3) is 4.85 Å². The molecule has 1 atom stereocenters. The van der Waals surface area contributed by atoms with Gasteiger partial charge in [0.15, 0.2) is 17.3 Å². The summed E-state index contributed by atoms with van der Waals surface area (Å²) >= 11 is 12.1. The molecule has 0 fully saturated rings. The Bertz CT molecular complexity index is 1460. The van der Waals surface area contributed by atoms with Crippen LogP contribution in [0.3, 0.4) is 0 Å². The van der Waals surface area contributed by atoms with Gasteiger partial charge in [-0.15, -0.1) is 0 Å². The van der Waals surface area contributed by atoms with Gasteiger partial charge in [0.25, 0.3) is 15.9 Å². The highest BCUT2D eigenvalue weighted by molar-refractivity contribution is 7.89. The second-order valence-electron chi connectivity index (χ2n) is 6.78. The first kappa shape index (κ1) is 25.6. The zero-order valence-corrected chi connectivity index (χ0v) is 20.6. The van der Waals surface area contributed by atoms with E-state index in [1.807, 2.05) is 0 Å². The number of aromatic nitrogens is 1. The second-order valence-corrected chi connectivity index (χ2v) is 10.6. The number of nitrogens with one attached hydrogen (secondary N) is 1. The number of primary sulfonamides is 1. The number of nitrogens with zero attached hydrogens (tertiary/aromatic N) is 2. The Kier molecular flexibility index (Phi) is 7.91. The first-order valence-electron chi connectivity index (χ1n) is 9.30. The molecule has 0 saturated heterocycles. The number of hydrogen-bond acceptors (Lipinski definition) is 6. The summed E-state index contributed by atoms with van der Waals surface area (Å²) in [5.41, 5.74) is 0.730. The van der Waals surface area contributed by atoms with E-state index in [4.69, 9.17) is 39.6 Å². The number of carbonyl (C=O) groups excluding carboxylic acids is 1. The third-order valence-corrected chi connectivity index (χ3v) is 6.94. The van der Waals surface area contributed by atoms with Crippen LogP contribution in [0.4, 0.5) is 11.4 Å². The third-order valence-electron chi connectivity index (χ3n) is 4.29. The van der Waals surface area contributed by atoms with E-state index in [0.29, 0.717) is 5.02 Å². The van der Waals surface area contributed by atoms with Crippen molar-refractivity contribution < 1.29 is 22.2 Å². The van der Waals surface area contributed by atoms with E-state index in [-0.39, 0.29) is 42.7 Å². The SMILES string of the molecule is [C-]#[N+]c1cc(Cl)cc(S(=O)c2cc(Cl)ccc2OCC(=O)Nc2ccc(S(N)(=O)=O)nc2C)c1. The molecule has 1 amide bonds. The number of sulfonamides is 1. The fraction of sp³-hybridized carbons (Fsp3) is 0.0952. The monoisotopic (exact) mass is 538 g/mol. The van der Waals surface area contributed by atoms with Gasteiger partial charge in [0, 0.05) is 14.9 Å². The van der Waals surface area contributed by atoms with Crippen LogP contribution in [0.15, 0.2) is 63.3 Å². The van der Waals surface area contributed by atoms with Crippen molar-refractivity contribution in [3.05, 3.63) is 75.7 Å². The molecule has 2 aromatic carbocycles. The highest BCUT2D eigenvalue weighted by Gasteiger charge is 2.18. The molecule has 0 bridgehead atoms. The van der Waals surface area contributed by atoms with Crippen LogP contribution in [0.1, 0.15) is 5.69 Å². The van der Waals surface area contributed by atoms with Gasteiger partial charge in [0.1, 0.15) is 5.75 Å². The maximum Gasteiger partial charge on any atom is 0.262 e. The van der Waals surface area contributed by atoms with Gasteiger partial charge in [0.05, 0.1) is 33.6 Å². The van der Waals surface area contributed by atoms with Gasteiger partial charge in [-0.25, -0.2) is 27.6 Å². The van der Waals surface area contributed by atoms with Crippen molar-refractivity contribution in [3.8, 4) is 5.75 Å². The quantitative estimate of drug-likeness (QED) is 0.435. The van der Waals surface area contributed by atoms with Crippen molar-refractivity contribution in [2.75, 3.05) is 11.9 Å². The Hall–Kier alpha value is -3.01. The molecule has 0 aliphatic carbocycles. The van der Waals surface area contributed by atoms with Crippen LogP contribution in [0.2, 0.25) is 10.0 Å². The Morgan fingerprint density at radius 2 is 1.91 bits per heavy atom. The van der Waals surface area contributed by atoms with E-state index in [1.54, 1.807) is 0 Å². The summed E-state index contributed by atoms with van der Waals surface area (Å²) in [7, 11) is -5.78. The Labute approximate surface area is 208 Å². The van der Waals surface area contributed by atoms with Gasteiger partial charge in [-0.2, -0.15) is 0 Å². The second kappa shape index (κ2) is 10.5. The van der Waals surface area contributed by atoms with Crippen LogP contribution in [0.5, 0.6) is 5.75 Å². The number of aryl methyl sites for hydroxylation is 1. The third kappa shape index (κ3) is 6.31. The molecule has 0 saturated carbocycles. The summed E-state index contributed by atoms with van der Waals surface area (Å²) in [5, 5.41) is 7.83. The van der Waals surface area contributed by atoms with Crippen LogP contribution in [-0.4, -0.2) is 30.1 Å². The lowest BCUT2D eigenvalue weighted by atomic mass is 10.3. The number of halogens is 2. The lowest BCUT2D eigenvalue weighted by Crippen LogP contribution is -2.22. The van der Waals surface area contributed by atoms with Crippen LogP contribution >= 0.6 is 23.2 Å². The summed E-state index contributed by atoms with van der Waals surface area (Å²) in [5.74, 6) is -0.431. The molecule has 1 aromatic heterocycles. The van der Waals surface area contributed by atoms with Crippen LogP contribution in [0, 0.1) is 13.5 Å². The number of pyridine rings is 1. The summed E-state index contributed by atoms with van der Waals surface area (Å²) in [6, 6.07) is 11.3. The van der Waals surface area contributed by atoms with Gasteiger partial charge < -0.3 is 10.1 Å².